The van der Waals surface area contributed by atoms with Crippen LogP contribution in [0.3, 0.4) is 0 Å². The van der Waals surface area contributed by atoms with Gasteiger partial charge in [0.05, 0.1) is 18.8 Å². The molecule has 0 aliphatic carbocycles. The summed E-state index contributed by atoms with van der Waals surface area (Å²) in [5.41, 5.74) is -0.723. The van der Waals surface area contributed by atoms with Gasteiger partial charge in [-0.25, -0.2) is 17.5 Å². The summed E-state index contributed by atoms with van der Waals surface area (Å²) in [6, 6.07) is 0. The van der Waals surface area contributed by atoms with Crippen LogP contribution < -0.4 is 4.72 Å². The van der Waals surface area contributed by atoms with Gasteiger partial charge in [0.1, 0.15) is 0 Å². The highest BCUT2D eigenvalue weighted by molar-refractivity contribution is 7.89. The van der Waals surface area contributed by atoms with Gasteiger partial charge in [-0.1, -0.05) is 0 Å². The molecule has 1 aromatic rings. The van der Waals surface area contributed by atoms with E-state index < -0.39 is 32.5 Å². The van der Waals surface area contributed by atoms with Crippen molar-refractivity contribution >= 4 is 10.0 Å². The summed E-state index contributed by atoms with van der Waals surface area (Å²) in [5, 5.41) is 12.1. The van der Waals surface area contributed by atoms with Crippen molar-refractivity contribution in [2.24, 2.45) is 0 Å². The van der Waals surface area contributed by atoms with Crippen LogP contribution in [-0.2, 0) is 16.6 Å². The smallest absolute Gasteiger partial charge is 0.263 e. The van der Waals surface area contributed by atoms with Gasteiger partial charge in [-0.3, -0.25) is 4.68 Å². The van der Waals surface area contributed by atoms with E-state index in [0.29, 0.717) is 0 Å². The Morgan fingerprint density at radius 2 is 2.11 bits per heavy atom. The van der Waals surface area contributed by atoms with Crippen molar-refractivity contribution in [3.05, 3.63) is 12.0 Å². The van der Waals surface area contributed by atoms with Gasteiger partial charge < -0.3 is 5.11 Å². The van der Waals surface area contributed by atoms with Crippen molar-refractivity contribution in [1.82, 2.24) is 14.5 Å². The third kappa shape index (κ3) is 4.04. The number of sulfonamides is 1. The maximum Gasteiger partial charge on any atom is 0.263 e. The molecule has 0 bridgehead atoms. The number of halogens is 1. The van der Waals surface area contributed by atoms with E-state index in [-0.39, 0.29) is 6.54 Å². The molecule has 0 radical (unpaired) electrons. The fourth-order valence-electron chi connectivity index (χ4n) is 1.38. The monoisotopic (exact) mass is 279 g/mol. The summed E-state index contributed by atoms with van der Waals surface area (Å²) < 4.78 is 40.7. The molecule has 6 nitrogen and oxygen atoms in total. The van der Waals surface area contributed by atoms with E-state index in [9.17, 15) is 12.8 Å². The quantitative estimate of drug-likeness (QED) is 0.839. The number of hydrogen-bond acceptors (Lipinski definition) is 4. The molecule has 2 N–H and O–H groups in total. The van der Waals surface area contributed by atoms with Crippen LogP contribution in [-0.4, -0.2) is 34.9 Å². The van der Waals surface area contributed by atoms with Crippen LogP contribution in [0.1, 0.15) is 27.7 Å². The van der Waals surface area contributed by atoms with Crippen molar-refractivity contribution in [3.8, 4) is 0 Å². The van der Waals surface area contributed by atoms with Crippen LogP contribution in [0.4, 0.5) is 4.39 Å². The molecule has 0 unspecified atom stereocenters. The van der Waals surface area contributed by atoms with Crippen molar-refractivity contribution in [2.75, 3.05) is 0 Å². The normalized spacial score (nSPS) is 14.8. The van der Waals surface area contributed by atoms with Crippen LogP contribution in [0.15, 0.2) is 11.2 Å². The summed E-state index contributed by atoms with van der Waals surface area (Å²) in [5.74, 6) is -0.938. The van der Waals surface area contributed by atoms with Crippen molar-refractivity contribution in [2.45, 2.75) is 50.9 Å². The molecule has 18 heavy (non-hydrogen) atoms. The molecule has 1 atom stereocenters. The lowest BCUT2D eigenvalue weighted by Crippen LogP contribution is -2.41. The van der Waals surface area contributed by atoms with Crippen LogP contribution >= 0.6 is 0 Å². The summed E-state index contributed by atoms with van der Waals surface area (Å²) in [4.78, 5) is 0. The average molecular weight is 279 g/mol. The first-order valence-corrected chi connectivity index (χ1v) is 6.94. The third-order valence-electron chi connectivity index (χ3n) is 1.83. The SMILES string of the molecule is C[C@@H](O)Cn1cc(F)c(S(=O)(=O)NC(C)(C)C)n1. The highest BCUT2D eigenvalue weighted by atomic mass is 32.2. The molecule has 0 saturated heterocycles. The Kier molecular flexibility index (Phi) is 4.14. The summed E-state index contributed by atoms with van der Waals surface area (Å²) in [6.45, 7) is 6.48. The molecule has 104 valence electrons. The summed E-state index contributed by atoms with van der Waals surface area (Å²) in [6.07, 6.45) is 0.208. The fourth-order valence-corrected chi connectivity index (χ4v) is 2.80. The Hall–Kier alpha value is -0.990. The maximum atomic E-state index is 13.5. The predicted octanol–water partition coefficient (Wildman–Crippen LogP) is 0.480. The van der Waals surface area contributed by atoms with Gasteiger partial charge >= 0.3 is 0 Å². The van der Waals surface area contributed by atoms with Crippen molar-refractivity contribution in [3.63, 3.8) is 0 Å². The first kappa shape index (κ1) is 15.1. The fraction of sp³-hybridized carbons (Fsp3) is 0.700. The lowest BCUT2D eigenvalue weighted by Gasteiger charge is -2.19. The molecule has 0 amide bonds. The number of aliphatic hydroxyl groups is 1. The van der Waals surface area contributed by atoms with E-state index in [0.717, 1.165) is 10.9 Å². The van der Waals surface area contributed by atoms with Gasteiger partial charge in [0.15, 0.2) is 5.82 Å². The Bertz CT molecular complexity index is 517. The second-order valence-electron chi connectivity index (χ2n) is 5.21. The number of nitrogens with zero attached hydrogens (tertiary/aromatic N) is 2. The number of hydrogen-bond donors (Lipinski definition) is 2. The molecule has 1 rings (SSSR count). The van der Waals surface area contributed by atoms with Gasteiger partial charge in [-0.05, 0) is 27.7 Å². The summed E-state index contributed by atoms with van der Waals surface area (Å²) in [7, 11) is -4.00. The molecule has 0 aliphatic heterocycles. The first-order valence-electron chi connectivity index (χ1n) is 5.46. The third-order valence-corrected chi connectivity index (χ3v) is 3.50. The molecule has 0 aliphatic rings. The molecule has 0 aromatic carbocycles. The largest absolute Gasteiger partial charge is 0.391 e. The molecule has 8 heteroatoms. The minimum atomic E-state index is -4.00. The predicted molar refractivity (Wildman–Crippen MR) is 63.9 cm³/mol. The van der Waals surface area contributed by atoms with Gasteiger partial charge in [0.2, 0.25) is 5.03 Å². The summed E-state index contributed by atoms with van der Waals surface area (Å²) >= 11 is 0. The standard InChI is InChI=1S/C10H18FN3O3S/c1-7(15)5-14-6-8(11)9(12-14)18(16,17)13-10(2,3)4/h6-7,13,15H,5H2,1-4H3/t7-/m1/s1. The molecule has 0 saturated carbocycles. The molecule has 1 aromatic heterocycles. The second kappa shape index (κ2) is 4.94. The zero-order chi connectivity index (χ0) is 14.1. The van der Waals surface area contributed by atoms with Crippen molar-refractivity contribution < 1.29 is 17.9 Å². The van der Waals surface area contributed by atoms with Crippen LogP contribution in [0.25, 0.3) is 0 Å². The number of aromatic nitrogens is 2. The first-order chi connectivity index (χ1) is 8.01. The Labute approximate surface area is 106 Å². The minimum absolute atomic E-state index is 0.0297. The molecular formula is C10H18FN3O3S. The highest BCUT2D eigenvalue weighted by Gasteiger charge is 2.28. The number of nitrogens with one attached hydrogen (secondary N) is 1. The van der Waals surface area contributed by atoms with Gasteiger partial charge in [-0.2, -0.15) is 5.10 Å². The highest BCUT2D eigenvalue weighted by Crippen LogP contribution is 2.14. The Balaban J connectivity index is 3.06. The Morgan fingerprint density at radius 1 is 1.56 bits per heavy atom. The molecule has 0 spiro atoms. The zero-order valence-electron chi connectivity index (χ0n) is 10.8. The van der Waals surface area contributed by atoms with Crippen LogP contribution in [0.2, 0.25) is 0 Å². The van der Waals surface area contributed by atoms with Gasteiger partial charge in [0.25, 0.3) is 10.0 Å². The van der Waals surface area contributed by atoms with E-state index in [1.54, 1.807) is 20.8 Å². The van der Waals surface area contributed by atoms with Crippen molar-refractivity contribution in [1.29, 1.82) is 0 Å². The maximum absolute atomic E-state index is 13.5. The van der Waals surface area contributed by atoms with E-state index in [2.05, 4.69) is 9.82 Å². The Morgan fingerprint density at radius 3 is 2.56 bits per heavy atom. The van der Waals surface area contributed by atoms with E-state index >= 15 is 0 Å². The molecule has 1 heterocycles. The van der Waals surface area contributed by atoms with Gasteiger partial charge in [-0.15, -0.1) is 0 Å². The number of rotatable bonds is 4. The van der Waals surface area contributed by atoms with Gasteiger partial charge in [0, 0.05) is 5.54 Å². The number of aliphatic hydroxyl groups excluding tert-OH is 1. The molecular weight excluding hydrogens is 261 g/mol. The average Bonchev–Trinajstić information content (AvgIpc) is 2.41. The lowest BCUT2D eigenvalue weighted by atomic mass is 10.1. The van der Waals surface area contributed by atoms with E-state index in [4.69, 9.17) is 5.11 Å². The molecule has 0 fully saturated rings. The minimum Gasteiger partial charge on any atom is -0.391 e. The topological polar surface area (TPSA) is 84.2 Å². The van der Waals surface area contributed by atoms with E-state index in [1.807, 2.05) is 0 Å². The lowest BCUT2D eigenvalue weighted by molar-refractivity contribution is 0.168. The zero-order valence-corrected chi connectivity index (χ0v) is 11.6. The second-order valence-corrected chi connectivity index (χ2v) is 6.81. The van der Waals surface area contributed by atoms with Crippen LogP contribution in [0, 0.1) is 5.82 Å². The van der Waals surface area contributed by atoms with E-state index in [1.165, 1.54) is 6.92 Å². The van der Waals surface area contributed by atoms with Crippen LogP contribution in [0.5, 0.6) is 0 Å².